The minimum atomic E-state index is 0.482. The fraction of sp³-hybridized carbons (Fsp3) is 0.0714. The van der Waals surface area contributed by atoms with Gasteiger partial charge in [0.05, 0.1) is 11.9 Å². The van der Waals surface area contributed by atoms with E-state index in [1.807, 2.05) is 48.5 Å². The molecule has 0 radical (unpaired) electrons. The molecule has 1 heterocycles. The van der Waals surface area contributed by atoms with Gasteiger partial charge in [-0.3, -0.25) is 10.4 Å². The van der Waals surface area contributed by atoms with Crippen molar-refractivity contribution in [2.45, 2.75) is 6.54 Å². The molecule has 121 valence electrons. The van der Waals surface area contributed by atoms with Crippen molar-refractivity contribution >= 4 is 43.7 Å². The molecule has 1 aromatic carbocycles. The zero-order chi connectivity index (χ0) is 16.0. The molecule has 0 aliphatic heterocycles. The Morgan fingerprint density at radius 2 is 1.86 bits per heavy atom. The normalized spacial score (nSPS) is 9.91. The topological polar surface area (TPSA) is 49.3 Å². The van der Waals surface area contributed by atoms with E-state index in [4.69, 9.17) is 12.2 Å². The molecule has 2 N–H and O–H groups in total. The van der Waals surface area contributed by atoms with Gasteiger partial charge in [0.1, 0.15) is 0 Å². The van der Waals surface area contributed by atoms with Crippen molar-refractivity contribution in [2.24, 2.45) is 5.10 Å². The molecule has 0 bridgehead atoms. The van der Waals surface area contributed by atoms with Gasteiger partial charge in [0.15, 0.2) is 5.11 Å². The van der Waals surface area contributed by atoms with Crippen LogP contribution in [0.5, 0.6) is 0 Å². The van der Waals surface area contributed by atoms with Gasteiger partial charge in [0.2, 0.25) is 0 Å². The van der Waals surface area contributed by atoms with Crippen LogP contribution in [-0.4, -0.2) is 16.3 Å². The van der Waals surface area contributed by atoms with Crippen LogP contribution in [-0.2, 0) is 19.7 Å². The van der Waals surface area contributed by atoms with Crippen molar-refractivity contribution in [3.05, 3.63) is 66.0 Å². The first-order valence-corrected chi connectivity index (χ1v) is 9.09. The Balaban J connectivity index is 0.000000745. The number of rotatable bonds is 4. The molecule has 2 rings (SSSR count). The molecular formula is C14H14Cl2CuN4S. The second kappa shape index (κ2) is 12.4. The van der Waals surface area contributed by atoms with Gasteiger partial charge in [-0.05, 0) is 29.9 Å². The van der Waals surface area contributed by atoms with E-state index in [1.165, 1.54) is 5.56 Å². The zero-order valence-corrected chi connectivity index (χ0v) is 14.6. The fourth-order valence-corrected chi connectivity index (χ4v) is 1.55. The van der Waals surface area contributed by atoms with Gasteiger partial charge in [0.25, 0.3) is 0 Å². The molecule has 0 amide bonds. The van der Waals surface area contributed by atoms with Gasteiger partial charge in [-0.2, -0.15) is 5.10 Å². The molecule has 0 fully saturated rings. The second-order valence-electron chi connectivity index (χ2n) is 3.84. The summed E-state index contributed by atoms with van der Waals surface area (Å²) in [6.45, 7) is 0.672. The molecule has 0 unspecified atom stereocenters. The second-order valence-corrected chi connectivity index (χ2v) is 5.80. The number of thiocarbonyl (C=S) groups is 1. The van der Waals surface area contributed by atoms with Gasteiger partial charge in [-0.1, -0.05) is 36.4 Å². The van der Waals surface area contributed by atoms with E-state index in [1.54, 1.807) is 12.4 Å². The predicted octanol–water partition coefficient (Wildman–Crippen LogP) is 3.46. The number of hydrazone groups is 1. The van der Waals surface area contributed by atoms with Gasteiger partial charge in [-0.15, -0.1) is 0 Å². The van der Waals surface area contributed by atoms with Gasteiger partial charge in [-0.25, -0.2) is 0 Å². The molecular weight excluding hydrogens is 391 g/mol. The first kappa shape index (κ1) is 18.9. The van der Waals surface area contributed by atoms with Crippen molar-refractivity contribution in [1.29, 1.82) is 0 Å². The van der Waals surface area contributed by atoms with Gasteiger partial charge >= 0.3 is 33.3 Å². The number of nitrogens with zero attached hydrogens (tertiary/aromatic N) is 2. The van der Waals surface area contributed by atoms with E-state index in [0.717, 1.165) is 18.8 Å². The molecule has 0 saturated carbocycles. The van der Waals surface area contributed by atoms with Crippen LogP contribution >= 0.6 is 32.4 Å². The summed E-state index contributed by atoms with van der Waals surface area (Å²) < 4.78 is 0. The Morgan fingerprint density at radius 3 is 2.50 bits per heavy atom. The number of hydrogen-bond acceptors (Lipinski definition) is 3. The Hall–Kier alpha value is -1.17. The summed E-state index contributed by atoms with van der Waals surface area (Å²) in [5.74, 6) is 0. The van der Waals surface area contributed by atoms with Crippen LogP contribution in [0.1, 0.15) is 11.3 Å². The zero-order valence-electron chi connectivity index (χ0n) is 11.3. The van der Waals surface area contributed by atoms with E-state index in [9.17, 15) is 0 Å². The number of aromatic nitrogens is 1. The number of pyridine rings is 1. The molecule has 0 atom stereocenters. The van der Waals surface area contributed by atoms with E-state index >= 15 is 0 Å². The number of halogens is 2. The summed E-state index contributed by atoms with van der Waals surface area (Å²) in [6, 6.07) is 15.7. The van der Waals surface area contributed by atoms with E-state index in [2.05, 4.69) is 41.0 Å². The van der Waals surface area contributed by atoms with E-state index in [0.29, 0.717) is 11.7 Å². The molecule has 2 aromatic rings. The third kappa shape index (κ3) is 8.97. The third-order valence-electron chi connectivity index (χ3n) is 2.35. The monoisotopic (exact) mass is 403 g/mol. The van der Waals surface area contributed by atoms with Crippen LogP contribution < -0.4 is 10.7 Å². The Labute approximate surface area is 149 Å². The number of hydrogen-bond donors (Lipinski definition) is 2. The van der Waals surface area contributed by atoms with Crippen molar-refractivity contribution < 1.29 is 13.1 Å². The van der Waals surface area contributed by atoms with Crippen LogP contribution in [0, 0.1) is 0 Å². The fourth-order valence-electron chi connectivity index (χ4n) is 1.43. The summed E-state index contributed by atoms with van der Waals surface area (Å²) in [6.07, 6.45) is 3.34. The van der Waals surface area contributed by atoms with Crippen LogP contribution in [0.3, 0.4) is 0 Å². The van der Waals surface area contributed by atoms with Crippen LogP contribution in [0.15, 0.2) is 59.8 Å². The molecule has 0 saturated heterocycles. The van der Waals surface area contributed by atoms with E-state index < -0.39 is 0 Å². The maximum atomic E-state index is 5.11. The predicted molar refractivity (Wildman–Crippen MR) is 92.6 cm³/mol. The first-order chi connectivity index (χ1) is 10.8. The average molecular weight is 405 g/mol. The Kier molecular flexibility index (Phi) is 10.6. The molecule has 0 spiro atoms. The molecule has 1 aromatic heterocycles. The summed E-state index contributed by atoms with van der Waals surface area (Å²) in [7, 11) is 9.34. The summed E-state index contributed by atoms with van der Waals surface area (Å²) >= 11 is 5.87. The Morgan fingerprint density at radius 1 is 1.18 bits per heavy atom. The molecule has 0 aliphatic carbocycles. The summed E-state index contributed by atoms with van der Waals surface area (Å²) in [5, 5.41) is 7.57. The van der Waals surface area contributed by atoms with Crippen molar-refractivity contribution in [1.82, 2.24) is 15.7 Å². The van der Waals surface area contributed by atoms with E-state index in [-0.39, 0.29) is 0 Å². The molecule has 22 heavy (non-hydrogen) atoms. The number of nitrogens with one attached hydrogen (secondary N) is 2. The van der Waals surface area contributed by atoms with Crippen LogP contribution in [0.4, 0.5) is 0 Å². The third-order valence-corrected chi connectivity index (χ3v) is 2.58. The van der Waals surface area contributed by atoms with Crippen LogP contribution in [0.2, 0.25) is 0 Å². The molecule has 4 nitrogen and oxygen atoms in total. The van der Waals surface area contributed by atoms with Crippen molar-refractivity contribution in [2.75, 3.05) is 0 Å². The molecule has 0 aliphatic rings. The first-order valence-electron chi connectivity index (χ1n) is 6.09. The molecule has 8 heteroatoms. The van der Waals surface area contributed by atoms with Crippen LogP contribution in [0.25, 0.3) is 0 Å². The van der Waals surface area contributed by atoms with Gasteiger partial charge < -0.3 is 5.32 Å². The Bertz CT molecular complexity index is 570. The van der Waals surface area contributed by atoms with Crippen molar-refractivity contribution in [3.8, 4) is 0 Å². The standard InChI is InChI=1S/C14H14N4S.2ClH.Cu/c19-14(16-10-12-6-2-1-3-7-12)18-17-11-13-8-4-5-9-15-13;;;/h1-9,11H,10H2,(H2,16,18,19);2*1H;/q;;;+2/p-2/b17-11+;;;. The SMILES string of the molecule is S=C(NCc1ccccc1)N/N=C/c1ccccn1.[Cl][Cu][Cl]. The summed E-state index contributed by atoms with van der Waals surface area (Å²) in [5.41, 5.74) is 4.70. The van der Waals surface area contributed by atoms with Gasteiger partial charge in [0, 0.05) is 12.7 Å². The minimum absolute atomic E-state index is 0.482. The summed E-state index contributed by atoms with van der Waals surface area (Å²) in [4.78, 5) is 4.12. The van der Waals surface area contributed by atoms with Crippen molar-refractivity contribution in [3.63, 3.8) is 0 Å². The average Bonchev–Trinajstić information content (AvgIpc) is 2.56. The quantitative estimate of drug-likeness (QED) is 0.355. The number of benzene rings is 1. The maximum absolute atomic E-state index is 5.11.